The van der Waals surface area contributed by atoms with E-state index in [0.29, 0.717) is 13.2 Å². The molecule has 3 rings (SSSR count). The maximum Gasteiger partial charge on any atom is 0.161 e. The van der Waals surface area contributed by atoms with Crippen molar-refractivity contribution in [1.82, 2.24) is 5.32 Å². The van der Waals surface area contributed by atoms with Crippen molar-refractivity contribution in [2.24, 2.45) is 0 Å². The number of nitrogens with one attached hydrogen (secondary N) is 1. The average Bonchev–Trinajstić information content (AvgIpc) is 2.39. The molecule has 0 unspecified atom stereocenters. The zero-order valence-electron chi connectivity index (χ0n) is 9.07. The summed E-state index contributed by atoms with van der Waals surface area (Å²) in [6, 6.07) is 6.03. The third-order valence-corrected chi connectivity index (χ3v) is 2.87. The fourth-order valence-corrected chi connectivity index (χ4v) is 2.04. The molecule has 1 aromatic rings. The molecule has 1 N–H and O–H groups in total. The second kappa shape index (κ2) is 4.31. The molecule has 2 heterocycles. The zero-order chi connectivity index (χ0) is 10.8. The lowest BCUT2D eigenvalue weighted by molar-refractivity contribution is 0.0273. The van der Waals surface area contributed by atoms with Crippen LogP contribution in [0.2, 0.25) is 0 Å². The Morgan fingerprint density at radius 1 is 1.06 bits per heavy atom. The molecule has 0 spiro atoms. The summed E-state index contributed by atoms with van der Waals surface area (Å²) in [7, 11) is 0. The molecule has 4 nitrogen and oxygen atoms in total. The normalized spacial score (nSPS) is 24.1. The monoisotopic (exact) mass is 221 g/mol. The minimum atomic E-state index is 0.129. The molecule has 86 valence electrons. The molecule has 1 fully saturated rings. The van der Waals surface area contributed by atoms with E-state index in [0.717, 1.165) is 36.8 Å². The van der Waals surface area contributed by atoms with E-state index < -0.39 is 0 Å². The highest BCUT2D eigenvalue weighted by molar-refractivity contribution is 5.44. The van der Waals surface area contributed by atoms with Gasteiger partial charge in [-0.1, -0.05) is 6.07 Å². The Hall–Kier alpha value is -1.26. The summed E-state index contributed by atoms with van der Waals surface area (Å²) >= 11 is 0. The van der Waals surface area contributed by atoms with Crippen LogP contribution in [-0.2, 0) is 4.74 Å². The number of rotatable bonds is 1. The number of morpholine rings is 1. The molecule has 1 atom stereocenters. The van der Waals surface area contributed by atoms with Crippen molar-refractivity contribution in [1.29, 1.82) is 0 Å². The Morgan fingerprint density at radius 2 is 1.94 bits per heavy atom. The Labute approximate surface area is 94.5 Å². The summed E-state index contributed by atoms with van der Waals surface area (Å²) < 4.78 is 16.7. The van der Waals surface area contributed by atoms with Gasteiger partial charge in [-0.15, -0.1) is 0 Å². The Bertz CT molecular complexity index is 375. The van der Waals surface area contributed by atoms with E-state index >= 15 is 0 Å². The summed E-state index contributed by atoms with van der Waals surface area (Å²) in [6.07, 6.45) is 0.129. The van der Waals surface area contributed by atoms with Gasteiger partial charge in [0.2, 0.25) is 0 Å². The van der Waals surface area contributed by atoms with E-state index in [1.54, 1.807) is 0 Å². The van der Waals surface area contributed by atoms with Crippen LogP contribution in [0.1, 0.15) is 11.7 Å². The Kier molecular flexibility index (Phi) is 2.68. The molecule has 2 aliphatic heterocycles. The van der Waals surface area contributed by atoms with Gasteiger partial charge in [0.15, 0.2) is 11.5 Å². The van der Waals surface area contributed by atoms with Gasteiger partial charge >= 0.3 is 0 Å². The largest absolute Gasteiger partial charge is 0.486 e. The van der Waals surface area contributed by atoms with Gasteiger partial charge in [0.05, 0.1) is 12.7 Å². The standard InChI is InChI=1S/C12H15NO3/c1-2-10-11(16-6-5-15-10)7-9(1)12-8-13-3-4-14-12/h1-2,7,12-13H,3-6,8H2/t12-/m1/s1. The first kappa shape index (κ1) is 9.93. The number of hydrogen-bond acceptors (Lipinski definition) is 4. The fraction of sp³-hybridized carbons (Fsp3) is 0.500. The molecule has 1 aromatic carbocycles. The predicted octanol–water partition coefficient (Wildman–Crippen LogP) is 1.12. The third-order valence-electron chi connectivity index (χ3n) is 2.87. The van der Waals surface area contributed by atoms with Gasteiger partial charge in [-0.3, -0.25) is 0 Å². The average molecular weight is 221 g/mol. The van der Waals surface area contributed by atoms with Crippen LogP contribution < -0.4 is 14.8 Å². The lowest BCUT2D eigenvalue weighted by Crippen LogP contribution is -2.33. The van der Waals surface area contributed by atoms with Crippen LogP contribution in [0.5, 0.6) is 11.5 Å². The van der Waals surface area contributed by atoms with Crippen LogP contribution in [0.4, 0.5) is 0 Å². The molecule has 0 saturated carbocycles. The first-order chi connectivity index (χ1) is 7.93. The molecule has 0 bridgehead atoms. The maximum absolute atomic E-state index is 5.70. The van der Waals surface area contributed by atoms with Crippen molar-refractivity contribution in [3.05, 3.63) is 23.8 Å². The molecular formula is C12H15NO3. The van der Waals surface area contributed by atoms with Gasteiger partial charge in [-0.2, -0.15) is 0 Å². The Balaban J connectivity index is 1.84. The lowest BCUT2D eigenvalue weighted by atomic mass is 10.1. The van der Waals surface area contributed by atoms with Crippen LogP contribution in [0.15, 0.2) is 18.2 Å². The van der Waals surface area contributed by atoms with Crippen molar-refractivity contribution in [2.45, 2.75) is 6.10 Å². The van der Waals surface area contributed by atoms with Crippen LogP contribution in [0.3, 0.4) is 0 Å². The van der Waals surface area contributed by atoms with Gasteiger partial charge in [-0.25, -0.2) is 0 Å². The number of benzene rings is 1. The number of fused-ring (bicyclic) bond motifs is 1. The van der Waals surface area contributed by atoms with E-state index in [1.165, 1.54) is 0 Å². The molecule has 4 heteroatoms. The minimum absolute atomic E-state index is 0.129. The second-order valence-electron chi connectivity index (χ2n) is 3.97. The van der Waals surface area contributed by atoms with E-state index in [2.05, 4.69) is 5.32 Å². The second-order valence-corrected chi connectivity index (χ2v) is 3.97. The van der Waals surface area contributed by atoms with Crippen molar-refractivity contribution >= 4 is 0 Å². The number of ether oxygens (including phenoxy) is 3. The maximum atomic E-state index is 5.70. The zero-order valence-corrected chi connectivity index (χ0v) is 9.07. The molecule has 1 saturated heterocycles. The smallest absolute Gasteiger partial charge is 0.161 e. The highest BCUT2D eigenvalue weighted by Crippen LogP contribution is 2.33. The third kappa shape index (κ3) is 1.86. The lowest BCUT2D eigenvalue weighted by Gasteiger charge is -2.25. The molecule has 0 radical (unpaired) electrons. The molecule has 0 amide bonds. The summed E-state index contributed by atoms with van der Waals surface area (Å²) in [5, 5.41) is 3.32. The highest BCUT2D eigenvalue weighted by atomic mass is 16.6. The molecular weight excluding hydrogens is 206 g/mol. The van der Waals surface area contributed by atoms with Crippen molar-refractivity contribution in [2.75, 3.05) is 32.9 Å². The van der Waals surface area contributed by atoms with Crippen LogP contribution in [-0.4, -0.2) is 32.9 Å². The summed E-state index contributed by atoms with van der Waals surface area (Å²) in [5.41, 5.74) is 1.15. The van der Waals surface area contributed by atoms with Crippen LogP contribution >= 0.6 is 0 Å². The van der Waals surface area contributed by atoms with Crippen molar-refractivity contribution in [3.8, 4) is 11.5 Å². The molecule has 2 aliphatic rings. The topological polar surface area (TPSA) is 39.7 Å². The van der Waals surface area contributed by atoms with E-state index in [9.17, 15) is 0 Å². The molecule has 16 heavy (non-hydrogen) atoms. The Morgan fingerprint density at radius 3 is 2.75 bits per heavy atom. The first-order valence-corrected chi connectivity index (χ1v) is 5.65. The van der Waals surface area contributed by atoms with E-state index in [-0.39, 0.29) is 6.10 Å². The van der Waals surface area contributed by atoms with E-state index in [1.807, 2.05) is 18.2 Å². The van der Waals surface area contributed by atoms with Crippen LogP contribution in [0.25, 0.3) is 0 Å². The minimum Gasteiger partial charge on any atom is -0.486 e. The summed E-state index contributed by atoms with van der Waals surface area (Å²) in [6.45, 7) is 3.81. The van der Waals surface area contributed by atoms with Crippen molar-refractivity contribution in [3.63, 3.8) is 0 Å². The fourth-order valence-electron chi connectivity index (χ4n) is 2.04. The molecule has 0 aliphatic carbocycles. The predicted molar refractivity (Wildman–Crippen MR) is 59.0 cm³/mol. The van der Waals surface area contributed by atoms with Crippen LogP contribution in [0, 0.1) is 0 Å². The van der Waals surface area contributed by atoms with Gasteiger partial charge in [0.1, 0.15) is 13.2 Å². The summed E-state index contributed by atoms with van der Waals surface area (Å²) in [5.74, 6) is 1.66. The molecule has 0 aromatic heterocycles. The SMILES string of the molecule is c1cc2c(cc1[C@H]1CNCCO1)OCCO2. The highest BCUT2D eigenvalue weighted by Gasteiger charge is 2.19. The first-order valence-electron chi connectivity index (χ1n) is 5.65. The van der Waals surface area contributed by atoms with Gasteiger partial charge in [0, 0.05) is 13.1 Å². The van der Waals surface area contributed by atoms with E-state index in [4.69, 9.17) is 14.2 Å². The quantitative estimate of drug-likeness (QED) is 0.771. The van der Waals surface area contributed by atoms with Gasteiger partial charge in [0.25, 0.3) is 0 Å². The number of hydrogen-bond donors (Lipinski definition) is 1. The van der Waals surface area contributed by atoms with Gasteiger partial charge in [-0.05, 0) is 17.7 Å². The summed E-state index contributed by atoms with van der Waals surface area (Å²) in [4.78, 5) is 0. The van der Waals surface area contributed by atoms with Gasteiger partial charge < -0.3 is 19.5 Å². The van der Waals surface area contributed by atoms with Crippen molar-refractivity contribution < 1.29 is 14.2 Å².